The van der Waals surface area contributed by atoms with E-state index in [1.54, 1.807) is 6.20 Å². The molecule has 1 fully saturated rings. The lowest BCUT2D eigenvalue weighted by molar-refractivity contribution is -0.116. The standard InChI is InChI=1S/C30H30ClN5OS/c1-19-8-6-10-23(16-19)33-27(37)13-15-35-29(28(34-30(35)38)26-12-4-5-14-32-26)25-17-20(2)36(21(25)3)24-11-7-9-22(31)18-24/h4-12,14,16-18,28-29H,13,15H2,1-3H3,(H,33,37)(H,34,38)/t28-,29+/m0/s1. The first-order valence-electron chi connectivity index (χ1n) is 12.6. The number of hydrogen-bond acceptors (Lipinski definition) is 3. The van der Waals surface area contributed by atoms with Crippen LogP contribution in [0.4, 0.5) is 5.69 Å². The van der Waals surface area contributed by atoms with Crippen LogP contribution in [0.1, 0.15) is 46.7 Å². The first-order valence-corrected chi connectivity index (χ1v) is 13.4. The van der Waals surface area contributed by atoms with Crippen molar-refractivity contribution in [3.05, 3.63) is 112 Å². The monoisotopic (exact) mass is 543 g/mol. The SMILES string of the molecule is Cc1cccc(NC(=O)CCN2C(=S)N[C@@H](c3ccccn3)[C@H]2c2cc(C)n(-c3cccc(Cl)c3)c2C)c1. The van der Waals surface area contributed by atoms with Crippen molar-refractivity contribution in [3.8, 4) is 5.69 Å². The highest BCUT2D eigenvalue weighted by atomic mass is 35.5. The lowest BCUT2D eigenvalue weighted by Crippen LogP contribution is -2.32. The number of benzene rings is 2. The number of amides is 1. The van der Waals surface area contributed by atoms with Crippen LogP contribution < -0.4 is 10.6 Å². The summed E-state index contributed by atoms with van der Waals surface area (Å²) in [6.07, 6.45) is 2.10. The van der Waals surface area contributed by atoms with Crippen molar-refractivity contribution in [1.29, 1.82) is 0 Å². The van der Waals surface area contributed by atoms with Crippen LogP contribution in [0, 0.1) is 20.8 Å². The minimum absolute atomic E-state index is 0.0529. The fourth-order valence-electron chi connectivity index (χ4n) is 5.25. The third-order valence-electron chi connectivity index (χ3n) is 6.93. The van der Waals surface area contributed by atoms with Gasteiger partial charge in [-0.25, -0.2) is 0 Å². The summed E-state index contributed by atoms with van der Waals surface area (Å²) in [4.78, 5) is 19.7. The van der Waals surface area contributed by atoms with Crippen molar-refractivity contribution < 1.29 is 4.79 Å². The lowest BCUT2D eigenvalue weighted by atomic mass is 9.96. The first-order chi connectivity index (χ1) is 18.3. The highest BCUT2D eigenvalue weighted by molar-refractivity contribution is 7.80. The molecule has 3 heterocycles. The van der Waals surface area contributed by atoms with Gasteiger partial charge in [0.15, 0.2) is 5.11 Å². The molecule has 0 aliphatic carbocycles. The Morgan fingerprint density at radius 2 is 1.87 bits per heavy atom. The second kappa shape index (κ2) is 11.0. The predicted molar refractivity (Wildman–Crippen MR) is 157 cm³/mol. The maximum atomic E-state index is 12.9. The van der Waals surface area contributed by atoms with E-state index in [0.29, 0.717) is 23.1 Å². The zero-order chi connectivity index (χ0) is 26.8. The summed E-state index contributed by atoms with van der Waals surface area (Å²) in [5.74, 6) is -0.0529. The molecule has 2 aromatic carbocycles. The normalized spacial score (nSPS) is 16.9. The number of nitrogens with zero attached hydrogens (tertiary/aromatic N) is 3. The molecule has 0 unspecified atom stereocenters. The number of rotatable bonds is 7. The zero-order valence-corrected chi connectivity index (χ0v) is 23.2. The average molecular weight is 544 g/mol. The average Bonchev–Trinajstić information content (AvgIpc) is 3.37. The van der Waals surface area contributed by atoms with Crippen molar-refractivity contribution >= 4 is 40.5 Å². The number of halogens is 1. The summed E-state index contributed by atoms with van der Waals surface area (Å²) in [7, 11) is 0. The van der Waals surface area contributed by atoms with Crippen LogP contribution in [0.15, 0.2) is 79.0 Å². The Morgan fingerprint density at radius 1 is 1.05 bits per heavy atom. The highest BCUT2D eigenvalue weighted by Crippen LogP contribution is 2.41. The molecule has 1 saturated heterocycles. The summed E-state index contributed by atoms with van der Waals surface area (Å²) >= 11 is 12.1. The second-order valence-electron chi connectivity index (χ2n) is 9.63. The number of pyridine rings is 1. The number of hydrogen-bond donors (Lipinski definition) is 2. The highest BCUT2D eigenvalue weighted by Gasteiger charge is 2.41. The van der Waals surface area contributed by atoms with E-state index in [2.05, 4.69) is 51.1 Å². The number of aryl methyl sites for hydroxylation is 2. The van der Waals surface area contributed by atoms with Gasteiger partial charge in [0.1, 0.15) is 0 Å². The number of thiocarbonyl (C=S) groups is 1. The lowest BCUT2D eigenvalue weighted by Gasteiger charge is -2.28. The van der Waals surface area contributed by atoms with E-state index in [1.165, 1.54) is 0 Å². The van der Waals surface area contributed by atoms with Gasteiger partial charge < -0.3 is 20.1 Å². The Hall–Kier alpha value is -3.68. The number of carbonyl (C=O) groups is 1. The molecule has 1 amide bonds. The topological polar surface area (TPSA) is 62.2 Å². The minimum Gasteiger partial charge on any atom is -0.352 e. The Labute approximate surface area is 233 Å². The minimum atomic E-state index is -0.156. The van der Waals surface area contributed by atoms with Crippen LogP contribution in [0.5, 0.6) is 0 Å². The van der Waals surface area contributed by atoms with Gasteiger partial charge in [0, 0.05) is 46.9 Å². The van der Waals surface area contributed by atoms with Gasteiger partial charge >= 0.3 is 0 Å². The molecule has 2 atom stereocenters. The Kier molecular flexibility index (Phi) is 7.49. The van der Waals surface area contributed by atoms with E-state index >= 15 is 0 Å². The Balaban J connectivity index is 1.47. The maximum Gasteiger partial charge on any atom is 0.226 e. The number of aromatic nitrogens is 2. The van der Waals surface area contributed by atoms with Gasteiger partial charge in [-0.2, -0.15) is 0 Å². The first kappa shape index (κ1) is 25.9. The van der Waals surface area contributed by atoms with Crippen molar-refractivity contribution in [2.24, 2.45) is 0 Å². The van der Waals surface area contributed by atoms with Gasteiger partial charge in [0.05, 0.1) is 17.8 Å². The van der Waals surface area contributed by atoms with Gasteiger partial charge in [0.2, 0.25) is 5.91 Å². The number of carbonyl (C=O) groups excluding carboxylic acids is 1. The molecule has 2 N–H and O–H groups in total. The summed E-state index contributed by atoms with van der Waals surface area (Å²) in [5.41, 5.74) is 7.12. The summed E-state index contributed by atoms with van der Waals surface area (Å²) < 4.78 is 2.21. The van der Waals surface area contributed by atoms with Gasteiger partial charge in [-0.15, -0.1) is 0 Å². The van der Waals surface area contributed by atoms with Crippen molar-refractivity contribution in [2.75, 3.05) is 11.9 Å². The molecule has 5 rings (SSSR count). The molecule has 2 aromatic heterocycles. The van der Waals surface area contributed by atoms with Gasteiger partial charge in [-0.05, 0) is 92.6 Å². The predicted octanol–water partition coefficient (Wildman–Crippen LogP) is 6.45. The second-order valence-corrected chi connectivity index (χ2v) is 10.5. The van der Waals surface area contributed by atoms with Gasteiger partial charge in [-0.3, -0.25) is 9.78 Å². The van der Waals surface area contributed by atoms with Crippen LogP contribution in [0.25, 0.3) is 5.69 Å². The maximum absolute atomic E-state index is 12.9. The van der Waals surface area contributed by atoms with Gasteiger partial charge in [-0.1, -0.05) is 35.9 Å². The van der Waals surface area contributed by atoms with Crippen LogP contribution >= 0.6 is 23.8 Å². The smallest absolute Gasteiger partial charge is 0.226 e. The fourth-order valence-corrected chi connectivity index (χ4v) is 5.77. The molecular weight excluding hydrogens is 514 g/mol. The molecule has 0 spiro atoms. The summed E-state index contributed by atoms with van der Waals surface area (Å²) in [6, 6.07) is 23.5. The molecule has 0 bridgehead atoms. The van der Waals surface area contributed by atoms with E-state index in [-0.39, 0.29) is 18.0 Å². The zero-order valence-electron chi connectivity index (χ0n) is 21.6. The quantitative estimate of drug-likeness (QED) is 0.262. The summed E-state index contributed by atoms with van der Waals surface area (Å²) in [6.45, 7) is 6.68. The van der Waals surface area contributed by atoms with E-state index < -0.39 is 0 Å². The fraction of sp³-hybridized carbons (Fsp3) is 0.233. The van der Waals surface area contributed by atoms with E-state index in [1.807, 2.05) is 67.6 Å². The molecule has 194 valence electrons. The third-order valence-corrected chi connectivity index (χ3v) is 7.52. The van der Waals surface area contributed by atoms with Crippen LogP contribution in [-0.4, -0.2) is 32.0 Å². The van der Waals surface area contributed by atoms with Crippen molar-refractivity contribution in [2.45, 2.75) is 39.3 Å². The van der Waals surface area contributed by atoms with E-state index in [4.69, 9.17) is 23.8 Å². The molecule has 8 heteroatoms. The molecule has 6 nitrogen and oxygen atoms in total. The van der Waals surface area contributed by atoms with Crippen LogP contribution in [0.2, 0.25) is 5.02 Å². The van der Waals surface area contributed by atoms with Crippen LogP contribution in [-0.2, 0) is 4.79 Å². The van der Waals surface area contributed by atoms with E-state index in [0.717, 1.165) is 39.6 Å². The third kappa shape index (κ3) is 5.30. The van der Waals surface area contributed by atoms with E-state index in [9.17, 15) is 4.79 Å². The molecule has 4 aromatic rings. The van der Waals surface area contributed by atoms with Crippen molar-refractivity contribution in [1.82, 2.24) is 19.8 Å². The van der Waals surface area contributed by atoms with Gasteiger partial charge in [0.25, 0.3) is 0 Å². The van der Waals surface area contributed by atoms with Crippen LogP contribution in [0.3, 0.4) is 0 Å². The Bertz CT molecular complexity index is 1490. The molecule has 38 heavy (non-hydrogen) atoms. The molecule has 0 radical (unpaired) electrons. The molecule has 1 aliphatic heterocycles. The summed E-state index contributed by atoms with van der Waals surface area (Å²) in [5, 5.41) is 7.80. The molecule has 0 saturated carbocycles. The Morgan fingerprint density at radius 3 is 2.61 bits per heavy atom. The molecular formula is C30H30ClN5OS. The molecule has 1 aliphatic rings. The van der Waals surface area contributed by atoms with Crippen molar-refractivity contribution in [3.63, 3.8) is 0 Å². The number of nitrogens with one attached hydrogen (secondary N) is 2. The largest absolute Gasteiger partial charge is 0.352 e. The number of anilines is 1.